The van der Waals surface area contributed by atoms with Crippen LogP contribution in [0.2, 0.25) is 0 Å². The second kappa shape index (κ2) is 6.18. The maximum atomic E-state index is 13.6. The fourth-order valence-electron chi connectivity index (χ4n) is 2.99. The summed E-state index contributed by atoms with van der Waals surface area (Å²) in [5, 5.41) is 7.91. The van der Waals surface area contributed by atoms with Crippen molar-refractivity contribution in [3.05, 3.63) is 76.4 Å². The third-order valence-corrected chi connectivity index (χ3v) is 4.41. The Morgan fingerprint density at radius 1 is 1.15 bits per heavy atom. The first kappa shape index (κ1) is 16.1. The van der Waals surface area contributed by atoms with Crippen LogP contribution in [0.3, 0.4) is 0 Å². The molecule has 0 saturated carbocycles. The number of rotatable bonds is 3. The highest BCUT2D eigenvalue weighted by molar-refractivity contribution is 5.79. The first-order valence-corrected chi connectivity index (χ1v) is 8.13. The number of nitrogens with zero attached hydrogens (tertiary/aromatic N) is 5. The van der Waals surface area contributed by atoms with Gasteiger partial charge in [-0.25, -0.2) is 14.2 Å². The highest BCUT2D eigenvalue weighted by Gasteiger charge is 2.14. The molecule has 0 aliphatic heterocycles. The van der Waals surface area contributed by atoms with Crippen molar-refractivity contribution >= 4 is 11.2 Å². The van der Waals surface area contributed by atoms with E-state index in [4.69, 9.17) is 0 Å². The Morgan fingerprint density at radius 3 is 2.73 bits per heavy atom. The van der Waals surface area contributed by atoms with Crippen LogP contribution in [0.15, 0.2) is 53.6 Å². The molecule has 0 aliphatic rings. The van der Waals surface area contributed by atoms with Crippen molar-refractivity contribution in [1.82, 2.24) is 24.3 Å². The maximum Gasteiger partial charge on any atom is 0.330 e. The van der Waals surface area contributed by atoms with Crippen LogP contribution in [0.5, 0.6) is 0 Å². The van der Waals surface area contributed by atoms with Crippen LogP contribution in [-0.4, -0.2) is 24.3 Å². The average Bonchev–Trinajstić information content (AvgIpc) is 2.89. The summed E-state index contributed by atoms with van der Waals surface area (Å²) >= 11 is 0. The van der Waals surface area contributed by atoms with Crippen LogP contribution in [0.4, 0.5) is 4.39 Å². The van der Waals surface area contributed by atoms with E-state index < -0.39 is 0 Å². The molecule has 0 unspecified atom stereocenters. The molecule has 1 aromatic carbocycles. The molecule has 6 nitrogen and oxygen atoms in total. The summed E-state index contributed by atoms with van der Waals surface area (Å²) in [7, 11) is 1.69. The molecule has 3 aromatic heterocycles. The topological polar surface area (TPSA) is 65.6 Å². The Morgan fingerprint density at radius 2 is 2.00 bits per heavy atom. The molecule has 0 fully saturated rings. The molecule has 0 bridgehead atoms. The number of aromatic nitrogens is 5. The monoisotopic (exact) mass is 349 g/mol. The van der Waals surface area contributed by atoms with Gasteiger partial charge in [-0.15, -0.1) is 0 Å². The van der Waals surface area contributed by atoms with Gasteiger partial charge in [0.2, 0.25) is 0 Å². The minimum absolute atomic E-state index is 0.175. The predicted octanol–water partition coefficient (Wildman–Crippen LogP) is 2.69. The average molecular weight is 349 g/mol. The quantitative estimate of drug-likeness (QED) is 0.570. The Hall–Kier alpha value is -3.35. The van der Waals surface area contributed by atoms with E-state index in [9.17, 15) is 9.18 Å². The predicted molar refractivity (Wildman–Crippen MR) is 96.2 cm³/mol. The molecular formula is C19H16FN5O. The van der Waals surface area contributed by atoms with Crippen molar-refractivity contribution in [2.75, 3.05) is 0 Å². The van der Waals surface area contributed by atoms with Gasteiger partial charge in [0.25, 0.3) is 0 Å². The Balaban J connectivity index is 1.88. The number of halogens is 1. The standard InChI is InChI=1S/C19H16FN5O/c1-12-8-13(5-6-16(12)20)14-9-17-18(21-10-14)24(2)19(26)25(17)11-15-4-3-7-22-23-15/h3-10H,11H2,1-2H3. The third-order valence-electron chi connectivity index (χ3n) is 4.41. The van der Waals surface area contributed by atoms with Gasteiger partial charge in [-0.05, 0) is 48.4 Å². The van der Waals surface area contributed by atoms with Gasteiger partial charge in [-0.1, -0.05) is 6.07 Å². The van der Waals surface area contributed by atoms with Gasteiger partial charge in [-0.2, -0.15) is 10.2 Å². The normalized spacial score (nSPS) is 11.2. The first-order valence-electron chi connectivity index (χ1n) is 8.13. The SMILES string of the molecule is Cc1cc(-c2cnc3c(c2)n(Cc2cccnn2)c(=O)n3C)ccc1F. The van der Waals surface area contributed by atoms with Crippen LogP contribution >= 0.6 is 0 Å². The maximum absolute atomic E-state index is 13.6. The summed E-state index contributed by atoms with van der Waals surface area (Å²) in [6.07, 6.45) is 3.28. The Kier molecular flexibility index (Phi) is 3.84. The number of pyridine rings is 1. The molecule has 0 spiro atoms. The van der Waals surface area contributed by atoms with E-state index in [2.05, 4.69) is 15.2 Å². The lowest BCUT2D eigenvalue weighted by Gasteiger charge is -2.06. The van der Waals surface area contributed by atoms with Crippen molar-refractivity contribution in [3.63, 3.8) is 0 Å². The molecule has 26 heavy (non-hydrogen) atoms. The summed E-state index contributed by atoms with van der Waals surface area (Å²) in [6.45, 7) is 2.02. The lowest BCUT2D eigenvalue weighted by molar-refractivity contribution is 0.619. The second-order valence-electron chi connectivity index (χ2n) is 6.17. The van der Waals surface area contributed by atoms with Crippen LogP contribution < -0.4 is 5.69 Å². The van der Waals surface area contributed by atoms with E-state index in [0.29, 0.717) is 29.0 Å². The van der Waals surface area contributed by atoms with E-state index in [-0.39, 0.29) is 11.5 Å². The first-order chi connectivity index (χ1) is 12.5. The van der Waals surface area contributed by atoms with Crippen molar-refractivity contribution < 1.29 is 4.39 Å². The molecule has 130 valence electrons. The zero-order valence-electron chi connectivity index (χ0n) is 14.3. The molecule has 0 radical (unpaired) electrons. The van der Waals surface area contributed by atoms with Gasteiger partial charge in [-0.3, -0.25) is 9.13 Å². The van der Waals surface area contributed by atoms with Crippen LogP contribution in [0.1, 0.15) is 11.3 Å². The fraction of sp³-hybridized carbons (Fsp3) is 0.158. The Labute approximate surface area is 148 Å². The number of imidazole rings is 1. The number of fused-ring (bicyclic) bond motifs is 1. The van der Waals surface area contributed by atoms with Gasteiger partial charge in [0.1, 0.15) is 5.82 Å². The number of benzene rings is 1. The molecule has 0 N–H and O–H groups in total. The largest absolute Gasteiger partial charge is 0.330 e. The van der Waals surface area contributed by atoms with Gasteiger partial charge < -0.3 is 0 Å². The summed E-state index contributed by atoms with van der Waals surface area (Å²) < 4.78 is 16.7. The smallest absolute Gasteiger partial charge is 0.284 e. The summed E-state index contributed by atoms with van der Waals surface area (Å²) in [5.74, 6) is -0.248. The highest BCUT2D eigenvalue weighted by atomic mass is 19.1. The zero-order chi connectivity index (χ0) is 18.3. The molecule has 0 atom stereocenters. The highest BCUT2D eigenvalue weighted by Crippen LogP contribution is 2.24. The van der Waals surface area contributed by atoms with Crippen LogP contribution in [0.25, 0.3) is 22.3 Å². The lowest BCUT2D eigenvalue weighted by Crippen LogP contribution is -2.23. The van der Waals surface area contributed by atoms with E-state index >= 15 is 0 Å². The molecule has 0 aliphatic carbocycles. The molecule has 0 saturated heterocycles. The van der Waals surface area contributed by atoms with Crippen molar-refractivity contribution in [2.24, 2.45) is 7.05 Å². The number of hydrogen-bond donors (Lipinski definition) is 0. The van der Waals surface area contributed by atoms with Gasteiger partial charge in [0, 0.05) is 25.0 Å². The zero-order valence-corrected chi connectivity index (χ0v) is 14.3. The second-order valence-corrected chi connectivity index (χ2v) is 6.17. The van der Waals surface area contributed by atoms with E-state index in [1.54, 1.807) is 49.1 Å². The molecule has 7 heteroatoms. The van der Waals surface area contributed by atoms with E-state index in [1.807, 2.05) is 12.1 Å². The van der Waals surface area contributed by atoms with Gasteiger partial charge in [0.15, 0.2) is 5.65 Å². The van der Waals surface area contributed by atoms with E-state index in [0.717, 1.165) is 11.1 Å². The van der Waals surface area contributed by atoms with Gasteiger partial charge in [0.05, 0.1) is 17.8 Å². The molecular weight excluding hydrogens is 333 g/mol. The van der Waals surface area contributed by atoms with Gasteiger partial charge >= 0.3 is 5.69 Å². The van der Waals surface area contributed by atoms with E-state index in [1.165, 1.54) is 10.6 Å². The minimum atomic E-state index is -0.248. The molecule has 0 amide bonds. The summed E-state index contributed by atoms with van der Waals surface area (Å²) in [6, 6.07) is 10.4. The number of aryl methyl sites for hydroxylation is 2. The van der Waals surface area contributed by atoms with Crippen molar-refractivity contribution in [2.45, 2.75) is 13.5 Å². The third kappa shape index (κ3) is 2.67. The molecule has 3 heterocycles. The van der Waals surface area contributed by atoms with Crippen molar-refractivity contribution in [1.29, 1.82) is 0 Å². The van der Waals surface area contributed by atoms with Crippen LogP contribution in [-0.2, 0) is 13.6 Å². The molecule has 4 rings (SSSR count). The Bertz CT molecular complexity index is 1160. The minimum Gasteiger partial charge on any atom is -0.284 e. The fourth-order valence-corrected chi connectivity index (χ4v) is 2.99. The summed E-state index contributed by atoms with van der Waals surface area (Å²) in [5.41, 5.74) is 4.02. The van der Waals surface area contributed by atoms with Crippen LogP contribution in [0, 0.1) is 12.7 Å². The molecule has 4 aromatic rings. The lowest BCUT2D eigenvalue weighted by atomic mass is 10.0. The summed E-state index contributed by atoms with van der Waals surface area (Å²) in [4.78, 5) is 17.1. The van der Waals surface area contributed by atoms with Crippen molar-refractivity contribution in [3.8, 4) is 11.1 Å². The number of hydrogen-bond acceptors (Lipinski definition) is 4.